The molecule has 2 aromatic heterocycles. The summed E-state index contributed by atoms with van der Waals surface area (Å²) in [4.78, 5) is 25.0. The Morgan fingerprint density at radius 3 is 2.14 bits per heavy atom. The molecular formula is C21H25N7O. The van der Waals surface area contributed by atoms with E-state index in [1.165, 1.54) is 5.56 Å². The van der Waals surface area contributed by atoms with E-state index >= 15 is 0 Å². The molecule has 1 aromatic carbocycles. The van der Waals surface area contributed by atoms with Crippen LogP contribution in [0.3, 0.4) is 0 Å². The summed E-state index contributed by atoms with van der Waals surface area (Å²) < 4.78 is 5.45. The number of rotatable bonds is 3. The monoisotopic (exact) mass is 391 g/mol. The maximum absolute atomic E-state index is 5.45. The topological polar surface area (TPSA) is 70.5 Å². The zero-order chi connectivity index (χ0) is 19.6. The molecule has 0 radical (unpaired) electrons. The second-order valence-electron chi connectivity index (χ2n) is 7.53. The lowest BCUT2D eigenvalue weighted by Gasteiger charge is -2.36. The SMILES string of the molecule is Cc1ccc2ncnc(N3CCN(c4cc(N5CCOCC5)ncn4)CC3)c2c1. The molecule has 5 rings (SSSR count). The summed E-state index contributed by atoms with van der Waals surface area (Å²) in [5, 5.41) is 1.12. The summed E-state index contributed by atoms with van der Waals surface area (Å²) in [6.07, 6.45) is 3.34. The highest BCUT2D eigenvalue weighted by molar-refractivity contribution is 5.89. The average Bonchev–Trinajstić information content (AvgIpc) is 2.79. The molecular weight excluding hydrogens is 366 g/mol. The van der Waals surface area contributed by atoms with Crippen molar-refractivity contribution in [2.75, 3.05) is 67.2 Å². The standard InChI is InChI=1S/C21H25N7O/c1-16-2-3-18-17(12-16)21(25-14-22-18)28-6-4-26(5-7-28)19-13-20(24-15-23-19)27-8-10-29-11-9-27/h2-3,12-15H,4-11H2,1H3. The molecule has 4 heterocycles. The smallest absolute Gasteiger partial charge is 0.140 e. The number of morpholine rings is 1. The van der Waals surface area contributed by atoms with Crippen molar-refractivity contribution < 1.29 is 4.74 Å². The molecule has 0 N–H and O–H groups in total. The Bertz CT molecular complexity index is 997. The minimum absolute atomic E-state index is 0.754. The van der Waals surface area contributed by atoms with Gasteiger partial charge in [-0.2, -0.15) is 0 Å². The fourth-order valence-electron chi connectivity index (χ4n) is 4.03. The molecule has 0 bridgehead atoms. The van der Waals surface area contributed by atoms with E-state index in [2.05, 4.69) is 65.8 Å². The van der Waals surface area contributed by atoms with Gasteiger partial charge in [0.05, 0.1) is 18.7 Å². The van der Waals surface area contributed by atoms with Gasteiger partial charge in [-0.1, -0.05) is 11.6 Å². The zero-order valence-electron chi connectivity index (χ0n) is 16.7. The first kappa shape index (κ1) is 18.1. The first-order valence-corrected chi connectivity index (χ1v) is 10.1. The van der Waals surface area contributed by atoms with E-state index in [1.807, 2.05) is 0 Å². The van der Waals surface area contributed by atoms with Crippen molar-refractivity contribution in [2.45, 2.75) is 6.92 Å². The van der Waals surface area contributed by atoms with Crippen LogP contribution in [0.1, 0.15) is 5.56 Å². The van der Waals surface area contributed by atoms with E-state index in [9.17, 15) is 0 Å². The quantitative estimate of drug-likeness (QED) is 0.670. The molecule has 0 aliphatic carbocycles. The number of nitrogens with zero attached hydrogens (tertiary/aromatic N) is 7. The van der Waals surface area contributed by atoms with Gasteiger partial charge in [-0.25, -0.2) is 19.9 Å². The highest BCUT2D eigenvalue weighted by Gasteiger charge is 2.22. The molecule has 8 nitrogen and oxygen atoms in total. The van der Waals surface area contributed by atoms with Crippen molar-refractivity contribution in [2.24, 2.45) is 0 Å². The van der Waals surface area contributed by atoms with Gasteiger partial charge in [0.1, 0.15) is 30.1 Å². The van der Waals surface area contributed by atoms with Gasteiger partial charge in [0.15, 0.2) is 0 Å². The van der Waals surface area contributed by atoms with Crippen LogP contribution in [0.4, 0.5) is 17.5 Å². The Hall–Kier alpha value is -3.00. The maximum atomic E-state index is 5.45. The number of hydrogen-bond acceptors (Lipinski definition) is 8. The Morgan fingerprint density at radius 2 is 1.38 bits per heavy atom. The fourth-order valence-corrected chi connectivity index (χ4v) is 4.03. The molecule has 3 aromatic rings. The summed E-state index contributed by atoms with van der Waals surface area (Å²) in [5.74, 6) is 3.00. The molecule has 0 saturated carbocycles. The second-order valence-corrected chi connectivity index (χ2v) is 7.53. The van der Waals surface area contributed by atoms with Crippen LogP contribution in [-0.2, 0) is 4.74 Å². The number of fused-ring (bicyclic) bond motifs is 1. The fraction of sp³-hybridized carbons (Fsp3) is 0.429. The molecule has 2 aliphatic heterocycles. The van der Waals surface area contributed by atoms with Gasteiger partial charge in [0, 0.05) is 50.7 Å². The molecule has 0 amide bonds. The highest BCUT2D eigenvalue weighted by atomic mass is 16.5. The van der Waals surface area contributed by atoms with Crippen molar-refractivity contribution >= 4 is 28.4 Å². The Morgan fingerprint density at radius 1 is 0.724 bits per heavy atom. The summed E-state index contributed by atoms with van der Waals surface area (Å²) in [7, 11) is 0. The lowest BCUT2D eigenvalue weighted by Crippen LogP contribution is -2.47. The number of aryl methyl sites for hydroxylation is 1. The lowest BCUT2D eigenvalue weighted by molar-refractivity contribution is 0.122. The van der Waals surface area contributed by atoms with Crippen molar-refractivity contribution in [3.8, 4) is 0 Å². The molecule has 150 valence electrons. The predicted molar refractivity (Wildman–Crippen MR) is 114 cm³/mol. The second kappa shape index (κ2) is 7.79. The number of hydrogen-bond donors (Lipinski definition) is 0. The number of anilines is 3. The molecule has 2 fully saturated rings. The molecule has 2 aliphatic rings. The number of benzene rings is 1. The summed E-state index contributed by atoms with van der Waals surface area (Å²) >= 11 is 0. The molecule has 0 spiro atoms. The van der Waals surface area contributed by atoms with Gasteiger partial charge < -0.3 is 19.4 Å². The summed E-state index contributed by atoms with van der Waals surface area (Å²) in [6, 6.07) is 8.44. The van der Waals surface area contributed by atoms with Crippen LogP contribution in [0.15, 0.2) is 36.9 Å². The van der Waals surface area contributed by atoms with Gasteiger partial charge in [-0.15, -0.1) is 0 Å². The minimum atomic E-state index is 0.754. The van der Waals surface area contributed by atoms with Gasteiger partial charge in [0.25, 0.3) is 0 Å². The van der Waals surface area contributed by atoms with E-state index < -0.39 is 0 Å². The van der Waals surface area contributed by atoms with Crippen molar-refractivity contribution in [1.29, 1.82) is 0 Å². The number of piperazine rings is 1. The first-order valence-electron chi connectivity index (χ1n) is 10.1. The molecule has 0 atom stereocenters. The van der Waals surface area contributed by atoms with Crippen molar-refractivity contribution in [3.63, 3.8) is 0 Å². The van der Waals surface area contributed by atoms with Crippen LogP contribution in [0.5, 0.6) is 0 Å². The Balaban J connectivity index is 1.32. The number of ether oxygens (including phenoxy) is 1. The van der Waals surface area contributed by atoms with E-state index in [0.717, 1.165) is 80.8 Å². The van der Waals surface area contributed by atoms with Crippen molar-refractivity contribution in [1.82, 2.24) is 19.9 Å². The summed E-state index contributed by atoms with van der Waals surface area (Å²) in [5.41, 5.74) is 2.22. The van der Waals surface area contributed by atoms with Crippen LogP contribution in [0.2, 0.25) is 0 Å². The van der Waals surface area contributed by atoms with E-state index in [0.29, 0.717) is 0 Å². The average molecular weight is 391 g/mol. The van der Waals surface area contributed by atoms with Gasteiger partial charge in [-0.05, 0) is 19.1 Å². The van der Waals surface area contributed by atoms with Gasteiger partial charge >= 0.3 is 0 Å². The van der Waals surface area contributed by atoms with Crippen LogP contribution in [0, 0.1) is 6.92 Å². The Kier molecular flexibility index (Phi) is 4.85. The van der Waals surface area contributed by atoms with Crippen LogP contribution >= 0.6 is 0 Å². The van der Waals surface area contributed by atoms with Crippen LogP contribution < -0.4 is 14.7 Å². The normalized spacial score (nSPS) is 17.8. The zero-order valence-corrected chi connectivity index (χ0v) is 16.7. The van der Waals surface area contributed by atoms with Crippen LogP contribution in [-0.4, -0.2) is 72.4 Å². The van der Waals surface area contributed by atoms with E-state index in [1.54, 1.807) is 12.7 Å². The van der Waals surface area contributed by atoms with Gasteiger partial charge in [-0.3, -0.25) is 0 Å². The molecule has 0 unspecified atom stereocenters. The first-order chi connectivity index (χ1) is 14.3. The van der Waals surface area contributed by atoms with E-state index in [4.69, 9.17) is 4.74 Å². The highest BCUT2D eigenvalue weighted by Crippen LogP contribution is 2.26. The predicted octanol–water partition coefficient (Wildman–Crippen LogP) is 1.89. The van der Waals surface area contributed by atoms with Crippen LogP contribution in [0.25, 0.3) is 10.9 Å². The largest absolute Gasteiger partial charge is 0.378 e. The summed E-state index contributed by atoms with van der Waals surface area (Å²) in [6.45, 7) is 8.97. The maximum Gasteiger partial charge on any atom is 0.140 e. The molecule has 29 heavy (non-hydrogen) atoms. The third-order valence-corrected chi connectivity index (χ3v) is 5.65. The third-order valence-electron chi connectivity index (χ3n) is 5.65. The van der Waals surface area contributed by atoms with Gasteiger partial charge in [0.2, 0.25) is 0 Å². The number of aromatic nitrogens is 4. The molecule has 2 saturated heterocycles. The molecule has 8 heteroatoms. The Labute approximate surface area is 170 Å². The van der Waals surface area contributed by atoms with E-state index in [-0.39, 0.29) is 0 Å². The lowest BCUT2D eigenvalue weighted by atomic mass is 10.1. The minimum Gasteiger partial charge on any atom is -0.378 e. The third kappa shape index (κ3) is 3.67. The van der Waals surface area contributed by atoms with Crippen molar-refractivity contribution in [3.05, 3.63) is 42.5 Å².